The molecule has 0 amide bonds. The Balaban J connectivity index is 2.23. The first-order valence-electron chi connectivity index (χ1n) is 6.98. The van der Waals surface area contributed by atoms with Crippen molar-refractivity contribution in [1.29, 1.82) is 0 Å². The van der Waals surface area contributed by atoms with Gasteiger partial charge < -0.3 is 4.57 Å². The SMILES string of the molecule is CC(=O)/C=C/C1(n2cc([N+](=O)[O-])c3ccc([N+](=O)[O-])cc32)CC1. The van der Waals surface area contributed by atoms with E-state index < -0.39 is 15.4 Å². The van der Waals surface area contributed by atoms with Gasteiger partial charge in [0, 0.05) is 12.1 Å². The summed E-state index contributed by atoms with van der Waals surface area (Å²) in [6.45, 7) is 1.42. The van der Waals surface area contributed by atoms with E-state index in [4.69, 9.17) is 0 Å². The highest BCUT2D eigenvalue weighted by atomic mass is 16.6. The van der Waals surface area contributed by atoms with Gasteiger partial charge in [-0.1, -0.05) is 6.08 Å². The van der Waals surface area contributed by atoms with Crippen LogP contribution < -0.4 is 0 Å². The summed E-state index contributed by atoms with van der Waals surface area (Å²) in [7, 11) is 0. The van der Waals surface area contributed by atoms with E-state index in [1.54, 1.807) is 10.6 Å². The largest absolute Gasteiger partial charge is 0.331 e. The van der Waals surface area contributed by atoms with Crippen molar-refractivity contribution in [3.63, 3.8) is 0 Å². The van der Waals surface area contributed by atoms with Crippen LogP contribution in [0.25, 0.3) is 10.9 Å². The Bertz CT molecular complexity index is 877. The second kappa shape index (κ2) is 5.01. The van der Waals surface area contributed by atoms with Gasteiger partial charge in [-0.25, -0.2) is 0 Å². The number of nitro groups is 2. The lowest BCUT2D eigenvalue weighted by molar-refractivity contribution is -0.384. The van der Waals surface area contributed by atoms with E-state index in [0.29, 0.717) is 10.9 Å². The molecule has 0 unspecified atom stereocenters. The fourth-order valence-corrected chi connectivity index (χ4v) is 2.71. The zero-order chi connectivity index (χ0) is 16.8. The summed E-state index contributed by atoms with van der Waals surface area (Å²) in [5.74, 6) is -0.117. The monoisotopic (exact) mass is 315 g/mol. The predicted octanol–water partition coefficient (Wildman–Crippen LogP) is 3.09. The number of hydrogen-bond donors (Lipinski definition) is 0. The van der Waals surface area contributed by atoms with Gasteiger partial charge in [-0.15, -0.1) is 0 Å². The van der Waals surface area contributed by atoms with Crippen LogP contribution in [0, 0.1) is 20.2 Å². The Kier molecular flexibility index (Phi) is 3.24. The average Bonchev–Trinajstić information content (AvgIpc) is 3.17. The predicted molar refractivity (Wildman–Crippen MR) is 82.3 cm³/mol. The van der Waals surface area contributed by atoms with Crippen LogP contribution >= 0.6 is 0 Å². The zero-order valence-corrected chi connectivity index (χ0v) is 12.3. The summed E-state index contributed by atoms with van der Waals surface area (Å²) in [6.07, 6.45) is 5.99. The van der Waals surface area contributed by atoms with Crippen molar-refractivity contribution in [2.75, 3.05) is 0 Å². The molecule has 8 heteroatoms. The highest BCUT2D eigenvalue weighted by Crippen LogP contribution is 2.48. The van der Waals surface area contributed by atoms with Crippen molar-refractivity contribution < 1.29 is 14.6 Å². The van der Waals surface area contributed by atoms with Crippen molar-refractivity contribution in [3.05, 3.63) is 56.8 Å². The molecule has 1 fully saturated rings. The Morgan fingerprint density at radius 1 is 1.26 bits per heavy atom. The van der Waals surface area contributed by atoms with Crippen LogP contribution in [-0.2, 0) is 10.3 Å². The number of aromatic nitrogens is 1. The van der Waals surface area contributed by atoms with E-state index in [-0.39, 0.29) is 17.2 Å². The van der Waals surface area contributed by atoms with Crippen molar-refractivity contribution >= 4 is 28.1 Å². The maximum absolute atomic E-state index is 11.2. The van der Waals surface area contributed by atoms with Gasteiger partial charge in [-0.3, -0.25) is 25.0 Å². The topological polar surface area (TPSA) is 108 Å². The van der Waals surface area contributed by atoms with Gasteiger partial charge >= 0.3 is 0 Å². The molecule has 0 spiro atoms. The molecule has 3 rings (SSSR count). The first kappa shape index (κ1) is 14.9. The van der Waals surface area contributed by atoms with E-state index >= 15 is 0 Å². The molecule has 1 aliphatic rings. The maximum Gasteiger partial charge on any atom is 0.294 e. The molecule has 1 saturated carbocycles. The summed E-state index contributed by atoms with van der Waals surface area (Å²) >= 11 is 0. The van der Waals surface area contributed by atoms with Crippen molar-refractivity contribution in [1.82, 2.24) is 4.57 Å². The number of nitro benzene ring substituents is 1. The molecule has 0 atom stereocenters. The van der Waals surface area contributed by atoms with Crippen LogP contribution in [0.2, 0.25) is 0 Å². The average molecular weight is 315 g/mol. The van der Waals surface area contributed by atoms with Crippen LogP contribution in [0.4, 0.5) is 11.4 Å². The number of fused-ring (bicyclic) bond motifs is 1. The molecule has 1 heterocycles. The number of ketones is 1. The normalized spacial score (nSPS) is 15.9. The summed E-state index contributed by atoms with van der Waals surface area (Å²) < 4.78 is 1.67. The van der Waals surface area contributed by atoms with Gasteiger partial charge in [0.05, 0.1) is 32.5 Å². The third-order valence-electron chi connectivity index (χ3n) is 4.05. The van der Waals surface area contributed by atoms with Crippen molar-refractivity contribution in [3.8, 4) is 0 Å². The van der Waals surface area contributed by atoms with E-state index in [1.165, 1.54) is 37.4 Å². The zero-order valence-electron chi connectivity index (χ0n) is 12.3. The molecule has 0 saturated heterocycles. The number of nitrogens with zero attached hydrogens (tertiary/aromatic N) is 3. The minimum Gasteiger partial charge on any atom is -0.331 e. The quantitative estimate of drug-likeness (QED) is 0.478. The van der Waals surface area contributed by atoms with Gasteiger partial charge in [-0.2, -0.15) is 0 Å². The molecular formula is C15H13N3O5. The lowest BCUT2D eigenvalue weighted by Gasteiger charge is -2.13. The van der Waals surface area contributed by atoms with Gasteiger partial charge in [0.25, 0.3) is 11.4 Å². The molecule has 23 heavy (non-hydrogen) atoms. The highest BCUT2D eigenvalue weighted by Gasteiger charge is 2.44. The number of hydrogen-bond acceptors (Lipinski definition) is 5. The molecule has 1 aromatic heterocycles. The van der Waals surface area contributed by atoms with Crippen LogP contribution in [-0.4, -0.2) is 20.2 Å². The number of carbonyl (C=O) groups is 1. The summed E-state index contributed by atoms with van der Waals surface area (Å²) in [5.41, 5.74) is -0.319. The summed E-state index contributed by atoms with van der Waals surface area (Å²) in [4.78, 5) is 32.4. The third kappa shape index (κ3) is 2.48. The van der Waals surface area contributed by atoms with Crippen LogP contribution in [0.1, 0.15) is 19.8 Å². The Hall–Kier alpha value is -3.03. The standard InChI is InChI=1S/C15H13N3O5/c1-10(19)4-5-15(6-7-15)16-9-14(18(22)23)12-3-2-11(17(20)21)8-13(12)16/h2-5,8-9H,6-7H2,1H3/b5-4+. The molecule has 2 aromatic rings. The minimum absolute atomic E-state index is 0.0996. The number of allylic oxidation sites excluding steroid dienone is 2. The molecule has 8 nitrogen and oxygen atoms in total. The molecular weight excluding hydrogens is 302 g/mol. The lowest BCUT2D eigenvalue weighted by atomic mass is 10.2. The van der Waals surface area contributed by atoms with E-state index in [9.17, 15) is 25.0 Å². The summed E-state index contributed by atoms with van der Waals surface area (Å²) in [5, 5.41) is 22.6. The molecule has 0 N–H and O–H groups in total. The Morgan fingerprint density at radius 2 is 1.96 bits per heavy atom. The van der Waals surface area contributed by atoms with Gasteiger partial charge in [0.1, 0.15) is 0 Å². The highest BCUT2D eigenvalue weighted by molar-refractivity contribution is 5.92. The lowest BCUT2D eigenvalue weighted by Crippen LogP contribution is -2.13. The second-order valence-corrected chi connectivity index (χ2v) is 5.65. The van der Waals surface area contributed by atoms with Gasteiger partial charge in [0.2, 0.25) is 0 Å². The van der Waals surface area contributed by atoms with Crippen molar-refractivity contribution in [2.45, 2.75) is 25.3 Å². The van der Waals surface area contributed by atoms with Gasteiger partial charge in [0.15, 0.2) is 5.78 Å². The fourth-order valence-electron chi connectivity index (χ4n) is 2.71. The first-order valence-corrected chi connectivity index (χ1v) is 6.98. The molecule has 1 aromatic carbocycles. The number of non-ortho nitro benzene ring substituents is 1. The van der Waals surface area contributed by atoms with E-state index in [0.717, 1.165) is 12.8 Å². The van der Waals surface area contributed by atoms with Crippen molar-refractivity contribution in [2.24, 2.45) is 0 Å². The molecule has 0 bridgehead atoms. The Labute approximate surface area is 130 Å². The fraction of sp³-hybridized carbons (Fsp3) is 0.267. The molecule has 118 valence electrons. The molecule has 0 aliphatic heterocycles. The summed E-state index contributed by atoms with van der Waals surface area (Å²) in [6, 6.07) is 3.99. The number of rotatable bonds is 5. The van der Waals surface area contributed by atoms with E-state index in [1.807, 2.05) is 0 Å². The molecule has 1 aliphatic carbocycles. The van der Waals surface area contributed by atoms with Gasteiger partial charge in [-0.05, 0) is 31.9 Å². The molecule has 0 radical (unpaired) electrons. The maximum atomic E-state index is 11.2. The number of benzene rings is 1. The smallest absolute Gasteiger partial charge is 0.294 e. The third-order valence-corrected chi connectivity index (χ3v) is 4.05. The Morgan fingerprint density at radius 3 is 2.48 bits per heavy atom. The van der Waals surface area contributed by atoms with E-state index in [2.05, 4.69) is 0 Å². The number of carbonyl (C=O) groups excluding carboxylic acids is 1. The first-order chi connectivity index (χ1) is 10.8. The second-order valence-electron chi connectivity index (χ2n) is 5.65. The van der Waals surface area contributed by atoms with Crippen LogP contribution in [0.3, 0.4) is 0 Å². The van der Waals surface area contributed by atoms with Crippen LogP contribution in [0.15, 0.2) is 36.5 Å². The van der Waals surface area contributed by atoms with Crippen LogP contribution in [0.5, 0.6) is 0 Å². The minimum atomic E-state index is -0.534.